The summed E-state index contributed by atoms with van der Waals surface area (Å²) in [6.45, 7) is 2.52. The van der Waals surface area contributed by atoms with Gasteiger partial charge in [-0.3, -0.25) is 4.90 Å². The van der Waals surface area contributed by atoms with Crippen LogP contribution in [0.5, 0.6) is 11.5 Å². The number of fused-ring (bicyclic) bond motifs is 1. The Balaban J connectivity index is 1.69. The third kappa shape index (κ3) is 3.24. The van der Waals surface area contributed by atoms with Crippen LogP contribution in [0.25, 0.3) is 0 Å². The maximum Gasteiger partial charge on any atom is 0.163 e. The van der Waals surface area contributed by atoms with Gasteiger partial charge in [0.1, 0.15) is 13.2 Å². The van der Waals surface area contributed by atoms with E-state index < -0.39 is 5.60 Å². The molecule has 5 nitrogen and oxygen atoms in total. The van der Waals surface area contributed by atoms with Crippen molar-refractivity contribution in [3.8, 4) is 11.5 Å². The molecule has 0 atom stereocenters. The summed E-state index contributed by atoms with van der Waals surface area (Å²) in [5.74, 6) is 1.48. The number of hydrogen-bond acceptors (Lipinski definition) is 5. The van der Waals surface area contributed by atoms with E-state index in [9.17, 15) is 5.11 Å². The molecule has 21 heavy (non-hydrogen) atoms. The second-order valence-electron chi connectivity index (χ2n) is 6.30. The van der Waals surface area contributed by atoms with Crippen molar-refractivity contribution < 1.29 is 14.6 Å². The maximum absolute atomic E-state index is 10.5. The van der Waals surface area contributed by atoms with Crippen molar-refractivity contribution in [3.63, 3.8) is 0 Å². The summed E-state index contributed by atoms with van der Waals surface area (Å²) >= 11 is 0. The van der Waals surface area contributed by atoms with Crippen LogP contribution in [0.1, 0.15) is 31.2 Å². The van der Waals surface area contributed by atoms with Gasteiger partial charge < -0.3 is 20.3 Å². The molecule has 1 heterocycles. The first-order chi connectivity index (χ1) is 10.1. The number of likely N-dealkylation sites (N-methyl/N-ethyl adjacent to an activating group) is 1. The second-order valence-corrected chi connectivity index (χ2v) is 6.30. The monoisotopic (exact) mass is 292 g/mol. The lowest BCUT2D eigenvalue weighted by molar-refractivity contribution is 0.0145. The minimum Gasteiger partial charge on any atom is -0.486 e. The number of nitrogen functional groups attached to an aromatic ring is 1. The molecule has 1 aliphatic carbocycles. The van der Waals surface area contributed by atoms with Crippen LogP contribution in [0, 0.1) is 0 Å². The van der Waals surface area contributed by atoms with E-state index in [0.717, 1.165) is 42.7 Å². The Morgan fingerprint density at radius 1 is 1.19 bits per heavy atom. The third-order valence-electron chi connectivity index (χ3n) is 4.34. The van der Waals surface area contributed by atoms with Crippen LogP contribution >= 0.6 is 0 Å². The standard InChI is InChI=1S/C16H24N2O3/c1-18(11-16(19)4-2-3-5-16)10-12-8-14-15(9-13(12)17)21-7-6-20-14/h8-9,19H,2-7,10-11,17H2,1H3. The average molecular weight is 292 g/mol. The van der Waals surface area contributed by atoms with Gasteiger partial charge in [0.15, 0.2) is 11.5 Å². The lowest BCUT2D eigenvalue weighted by atomic mass is 10.0. The van der Waals surface area contributed by atoms with Crippen molar-refractivity contribution in [3.05, 3.63) is 17.7 Å². The van der Waals surface area contributed by atoms with E-state index in [1.165, 1.54) is 0 Å². The van der Waals surface area contributed by atoms with E-state index in [-0.39, 0.29) is 0 Å². The average Bonchev–Trinajstić information content (AvgIpc) is 2.86. The van der Waals surface area contributed by atoms with Gasteiger partial charge in [-0.2, -0.15) is 0 Å². The molecule has 1 aromatic rings. The SMILES string of the molecule is CN(Cc1cc2c(cc1N)OCCO2)CC1(O)CCCC1. The number of hydrogen-bond donors (Lipinski definition) is 2. The minimum absolute atomic E-state index is 0.530. The van der Waals surface area contributed by atoms with E-state index in [4.69, 9.17) is 15.2 Å². The predicted octanol–water partition coefficient (Wildman–Crippen LogP) is 1.78. The highest BCUT2D eigenvalue weighted by molar-refractivity contribution is 5.58. The lowest BCUT2D eigenvalue weighted by Gasteiger charge is -2.29. The van der Waals surface area contributed by atoms with E-state index in [1.54, 1.807) is 0 Å². The van der Waals surface area contributed by atoms with Gasteiger partial charge in [0.05, 0.1) is 5.60 Å². The first-order valence-corrected chi connectivity index (χ1v) is 7.65. The van der Waals surface area contributed by atoms with Crippen LogP contribution in [0.4, 0.5) is 5.69 Å². The Morgan fingerprint density at radius 3 is 2.48 bits per heavy atom. The molecule has 3 rings (SSSR count). The van der Waals surface area contributed by atoms with Gasteiger partial charge in [-0.25, -0.2) is 0 Å². The number of aliphatic hydroxyl groups is 1. The zero-order valence-corrected chi connectivity index (χ0v) is 12.6. The Morgan fingerprint density at radius 2 is 1.81 bits per heavy atom. The van der Waals surface area contributed by atoms with Gasteiger partial charge >= 0.3 is 0 Å². The molecule has 116 valence electrons. The Kier molecular flexibility index (Phi) is 3.95. The molecular formula is C16H24N2O3. The molecule has 0 saturated heterocycles. The van der Waals surface area contributed by atoms with Crippen molar-refractivity contribution in [2.24, 2.45) is 0 Å². The van der Waals surface area contributed by atoms with Crippen LogP contribution in [0.2, 0.25) is 0 Å². The number of rotatable bonds is 4. The fourth-order valence-corrected chi connectivity index (χ4v) is 3.32. The summed E-state index contributed by atoms with van der Waals surface area (Å²) in [4.78, 5) is 2.13. The van der Waals surface area contributed by atoms with Crippen molar-refractivity contribution in [1.82, 2.24) is 4.90 Å². The molecule has 0 radical (unpaired) electrons. The quantitative estimate of drug-likeness (QED) is 0.828. The van der Waals surface area contributed by atoms with Gasteiger partial charge in [0.2, 0.25) is 0 Å². The summed E-state index contributed by atoms with van der Waals surface area (Å²) in [5.41, 5.74) is 7.31. The van der Waals surface area contributed by atoms with Crippen molar-refractivity contribution in [2.75, 3.05) is 32.5 Å². The minimum atomic E-state index is -0.530. The van der Waals surface area contributed by atoms with Crippen LogP contribution in [-0.2, 0) is 6.54 Å². The fourth-order valence-electron chi connectivity index (χ4n) is 3.32. The normalized spacial score (nSPS) is 20.0. The molecule has 1 saturated carbocycles. The lowest BCUT2D eigenvalue weighted by Crippen LogP contribution is -2.38. The molecule has 0 unspecified atom stereocenters. The highest BCUT2D eigenvalue weighted by Crippen LogP contribution is 2.35. The first kappa shape index (κ1) is 14.5. The second kappa shape index (κ2) is 5.73. The maximum atomic E-state index is 10.5. The van der Waals surface area contributed by atoms with Gasteiger partial charge in [-0.1, -0.05) is 12.8 Å². The third-order valence-corrected chi connectivity index (χ3v) is 4.34. The van der Waals surface area contributed by atoms with Gasteiger partial charge in [0.25, 0.3) is 0 Å². The van der Waals surface area contributed by atoms with Crippen molar-refractivity contribution in [2.45, 2.75) is 37.8 Å². The molecule has 0 bridgehead atoms. The summed E-state index contributed by atoms with van der Waals surface area (Å²) in [6, 6.07) is 3.79. The largest absolute Gasteiger partial charge is 0.486 e. The predicted molar refractivity (Wildman–Crippen MR) is 81.6 cm³/mol. The molecule has 0 amide bonds. The molecule has 0 spiro atoms. The fraction of sp³-hybridized carbons (Fsp3) is 0.625. The molecule has 2 aliphatic rings. The van der Waals surface area contributed by atoms with E-state index in [2.05, 4.69) is 4.90 Å². The van der Waals surface area contributed by atoms with Crippen molar-refractivity contribution in [1.29, 1.82) is 0 Å². The van der Waals surface area contributed by atoms with Crippen molar-refractivity contribution >= 4 is 5.69 Å². The van der Waals surface area contributed by atoms with Crippen LogP contribution in [0.15, 0.2) is 12.1 Å². The number of ether oxygens (including phenoxy) is 2. The summed E-state index contributed by atoms with van der Waals surface area (Å²) in [7, 11) is 2.02. The van der Waals surface area contributed by atoms with Gasteiger partial charge in [-0.05, 0) is 31.5 Å². The Hall–Kier alpha value is -1.46. The molecule has 5 heteroatoms. The number of nitrogens with two attached hydrogens (primary N) is 1. The van der Waals surface area contributed by atoms with Crippen LogP contribution in [-0.4, -0.2) is 42.4 Å². The number of nitrogens with zero attached hydrogens (tertiary/aromatic N) is 1. The highest BCUT2D eigenvalue weighted by atomic mass is 16.6. The summed E-state index contributed by atoms with van der Waals surface area (Å²) in [6.07, 6.45) is 4.04. The summed E-state index contributed by atoms with van der Waals surface area (Å²) in [5, 5.41) is 10.5. The first-order valence-electron chi connectivity index (χ1n) is 7.65. The molecule has 1 aliphatic heterocycles. The Bertz CT molecular complexity index is 512. The van der Waals surface area contributed by atoms with Crippen LogP contribution in [0.3, 0.4) is 0 Å². The topological polar surface area (TPSA) is 68.0 Å². The highest BCUT2D eigenvalue weighted by Gasteiger charge is 2.32. The molecule has 1 fully saturated rings. The van der Waals surface area contributed by atoms with E-state index in [0.29, 0.717) is 32.0 Å². The molecular weight excluding hydrogens is 268 g/mol. The number of benzene rings is 1. The molecule has 0 aromatic heterocycles. The van der Waals surface area contributed by atoms with E-state index >= 15 is 0 Å². The Labute approximate surface area is 125 Å². The molecule has 1 aromatic carbocycles. The summed E-state index contributed by atoms with van der Waals surface area (Å²) < 4.78 is 11.1. The molecule has 3 N–H and O–H groups in total. The zero-order chi connectivity index (χ0) is 14.9. The van der Waals surface area contributed by atoms with E-state index in [1.807, 2.05) is 19.2 Å². The van der Waals surface area contributed by atoms with Gasteiger partial charge in [0, 0.05) is 24.8 Å². The number of anilines is 1. The zero-order valence-electron chi connectivity index (χ0n) is 12.6. The van der Waals surface area contributed by atoms with Crippen LogP contribution < -0.4 is 15.2 Å². The van der Waals surface area contributed by atoms with Gasteiger partial charge in [-0.15, -0.1) is 0 Å². The smallest absolute Gasteiger partial charge is 0.163 e.